The van der Waals surface area contributed by atoms with E-state index in [1.165, 1.54) is 0 Å². The normalized spacial score (nSPS) is 11.9. The maximum Gasteiger partial charge on any atom is 0.420 e. The minimum Gasteiger partial charge on any atom is -0.260 e. The van der Waals surface area contributed by atoms with E-state index in [1.807, 2.05) is 42.5 Å². The summed E-state index contributed by atoms with van der Waals surface area (Å²) >= 11 is 5.78. The number of alkyl halides is 3. The molecular formula is C19H12ClF3N4. The maximum atomic E-state index is 13.5. The molecule has 0 aliphatic carbocycles. The van der Waals surface area contributed by atoms with Gasteiger partial charge >= 0.3 is 6.18 Å². The van der Waals surface area contributed by atoms with E-state index >= 15 is 0 Å². The number of aromatic nitrogens is 4. The summed E-state index contributed by atoms with van der Waals surface area (Å²) in [4.78, 5) is 7.32. The number of rotatable bonds is 3. The lowest BCUT2D eigenvalue weighted by atomic mass is 10.1. The Kier molecular flexibility index (Phi) is 4.31. The number of para-hydroxylation sites is 1. The Morgan fingerprint density at radius 3 is 2.37 bits per heavy atom. The van der Waals surface area contributed by atoms with Crippen molar-refractivity contribution in [3.8, 4) is 11.4 Å². The van der Waals surface area contributed by atoms with Crippen LogP contribution in [0.4, 0.5) is 13.2 Å². The largest absolute Gasteiger partial charge is 0.420 e. The fraction of sp³-hybridized carbons (Fsp3) is 0.105. The van der Waals surface area contributed by atoms with Crippen molar-refractivity contribution in [3.63, 3.8) is 0 Å². The molecule has 27 heavy (non-hydrogen) atoms. The van der Waals surface area contributed by atoms with Gasteiger partial charge in [-0.25, -0.2) is 9.97 Å². The van der Waals surface area contributed by atoms with Crippen LogP contribution >= 0.6 is 11.6 Å². The minimum atomic E-state index is -4.62. The number of hydrogen-bond donors (Lipinski definition) is 0. The van der Waals surface area contributed by atoms with Gasteiger partial charge in [0.05, 0.1) is 12.1 Å². The SMILES string of the molecule is FC(F)(F)c1cnc(Cl)nc1-c1nn(Cc2ccccc2)c2ccccc12. The van der Waals surface area contributed by atoms with Crippen LogP contribution in [0.2, 0.25) is 5.28 Å². The Hall–Kier alpha value is -2.93. The number of halogens is 4. The van der Waals surface area contributed by atoms with Crippen molar-refractivity contribution in [3.05, 3.63) is 77.2 Å². The van der Waals surface area contributed by atoms with Crippen LogP contribution < -0.4 is 0 Å². The Labute approximate surface area is 157 Å². The second-order valence-corrected chi connectivity index (χ2v) is 6.25. The maximum absolute atomic E-state index is 13.5. The molecule has 4 nitrogen and oxygen atoms in total. The van der Waals surface area contributed by atoms with Crippen molar-refractivity contribution in [2.24, 2.45) is 0 Å². The van der Waals surface area contributed by atoms with Gasteiger partial charge in [-0.1, -0.05) is 48.5 Å². The third-order valence-corrected chi connectivity index (χ3v) is 4.30. The molecule has 0 bridgehead atoms. The van der Waals surface area contributed by atoms with Gasteiger partial charge in [0, 0.05) is 11.6 Å². The van der Waals surface area contributed by atoms with Crippen LogP contribution in [0.3, 0.4) is 0 Å². The van der Waals surface area contributed by atoms with Gasteiger partial charge in [-0.15, -0.1) is 0 Å². The van der Waals surface area contributed by atoms with E-state index in [-0.39, 0.29) is 16.7 Å². The van der Waals surface area contributed by atoms with E-state index in [0.29, 0.717) is 23.6 Å². The second-order valence-electron chi connectivity index (χ2n) is 5.91. The van der Waals surface area contributed by atoms with Crippen molar-refractivity contribution in [2.45, 2.75) is 12.7 Å². The molecular weight excluding hydrogens is 377 g/mol. The highest BCUT2D eigenvalue weighted by Crippen LogP contribution is 2.38. The lowest BCUT2D eigenvalue weighted by Gasteiger charge is -2.10. The average Bonchev–Trinajstić information content (AvgIpc) is 3.00. The zero-order chi connectivity index (χ0) is 19.0. The molecule has 0 aliphatic heterocycles. The van der Waals surface area contributed by atoms with Gasteiger partial charge < -0.3 is 0 Å². The lowest BCUT2D eigenvalue weighted by molar-refractivity contribution is -0.137. The fourth-order valence-corrected chi connectivity index (χ4v) is 3.06. The van der Waals surface area contributed by atoms with E-state index in [0.717, 1.165) is 5.56 Å². The van der Waals surface area contributed by atoms with Crippen LogP contribution in [0, 0.1) is 0 Å². The first-order valence-electron chi connectivity index (χ1n) is 8.03. The summed E-state index contributed by atoms with van der Waals surface area (Å²) in [7, 11) is 0. The van der Waals surface area contributed by atoms with Crippen LogP contribution in [0.5, 0.6) is 0 Å². The van der Waals surface area contributed by atoms with Crippen LogP contribution in [-0.2, 0) is 12.7 Å². The Bertz CT molecular complexity index is 1110. The van der Waals surface area contributed by atoms with Crippen LogP contribution in [0.15, 0.2) is 60.8 Å². The van der Waals surface area contributed by atoms with Gasteiger partial charge in [0.1, 0.15) is 17.0 Å². The number of hydrogen-bond acceptors (Lipinski definition) is 3. The van der Waals surface area contributed by atoms with Gasteiger partial charge in [-0.2, -0.15) is 18.3 Å². The van der Waals surface area contributed by atoms with Crippen molar-refractivity contribution in [2.75, 3.05) is 0 Å². The van der Waals surface area contributed by atoms with Gasteiger partial charge in [-0.3, -0.25) is 4.68 Å². The highest BCUT2D eigenvalue weighted by atomic mass is 35.5. The highest BCUT2D eigenvalue weighted by Gasteiger charge is 2.36. The smallest absolute Gasteiger partial charge is 0.260 e. The van der Waals surface area contributed by atoms with Crippen molar-refractivity contribution < 1.29 is 13.2 Å². The number of benzene rings is 2. The summed E-state index contributed by atoms with van der Waals surface area (Å²) in [5, 5.41) is 4.74. The van der Waals surface area contributed by atoms with E-state index in [2.05, 4.69) is 15.1 Å². The molecule has 0 atom stereocenters. The van der Waals surface area contributed by atoms with Crippen molar-refractivity contribution in [1.29, 1.82) is 0 Å². The summed E-state index contributed by atoms with van der Waals surface area (Å²) < 4.78 is 42.0. The van der Waals surface area contributed by atoms with E-state index in [4.69, 9.17) is 11.6 Å². The molecule has 2 aromatic heterocycles. The molecule has 0 unspecified atom stereocenters. The van der Waals surface area contributed by atoms with Gasteiger partial charge in [0.15, 0.2) is 0 Å². The third kappa shape index (κ3) is 3.38. The van der Waals surface area contributed by atoms with Crippen molar-refractivity contribution >= 4 is 22.5 Å². The van der Waals surface area contributed by atoms with E-state index in [9.17, 15) is 13.2 Å². The first-order valence-corrected chi connectivity index (χ1v) is 8.41. The van der Waals surface area contributed by atoms with Gasteiger partial charge in [-0.05, 0) is 23.2 Å². The summed E-state index contributed by atoms with van der Waals surface area (Å²) in [5.41, 5.74) is 0.513. The molecule has 4 rings (SSSR count). The van der Waals surface area contributed by atoms with Crippen LogP contribution in [0.1, 0.15) is 11.1 Å². The number of fused-ring (bicyclic) bond motifs is 1. The molecule has 136 valence electrons. The molecule has 4 aromatic rings. The fourth-order valence-electron chi connectivity index (χ4n) is 2.93. The zero-order valence-electron chi connectivity index (χ0n) is 13.8. The van der Waals surface area contributed by atoms with Gasteiger partial charge in [0.2, 0.25) is 5.28 Å². The van der Waals surface area contributed by atoms with Crippen LogP contribution in [-0.4, -0.2) is 19.7 Å². The average molecular weight is 389 g/mol. The second kappa shape index (κ2) is 6.66. The minimum absolute atomic E-state index is 0.123. The van der Waals surface area contributed by atoms with Crippen molar-refractivity contribution in [1.82, 2.24) is 19.7 Å². The first kappa shape index (κ1) is 17.5. The topological polar surface area (TPSA) is 43.6 Å². The molecule has 0 radical (unpaired) electrons. The summed E-state index contributed by atoms with van der Waals surface area (Å²) in [6.07, 6.45) is -3.93. The Morgan fingerprint density at radius 2 is 1.63 bits per heavy atom. The molecule has 0 fully saturated rings. The summed E-state index contributed by atoms with van der Waals surface area (Å²) in [5.74, 6) is 0. The molecule has 0 spiro atoms. The zero-order valence-corrected chi connectivity index (χ0v) is 14.5. The summed E-state index contributed by atoms with van der Waals surface area (Å²) in [6, 6.07) is 16.6. The first-order chi connectivity index (χ1) is 12.9. The molecule has 2 heterocycles. The highest BCUT2D eigenvalue weighted by molar-refractivity contribution is 6.28. The van der Waals surface area contributed by atoms with E-state index in [1.54, 1.807) is 16.8 Å². The molecule has 0 amide bonds. The third-order valence-electron chi connectivity index (χ3n) is 4.12. The molecule has 0 saturated heterocycles. The summed E-state index contributed by atoms with van der Waals surface area (Å²) in [6.45, 7) is 0.418. The predicted octanol–water partition coefficient (Wildman–Crippen LogP) is 5.21. The van der Waals surface area contributed by atoms with Gasteiger partial charge in [0.25, 0.3) is 0 Å². The molecule has 8 heteroatoms. The quantitative estimate of drug-likeness (QED) is 0.452. The van der Waals surface area contributed by atoms with E-state index < -0.39 is 11.7 Å². The number of nitrogens with zero attached hydrogens (tertiary/aromatic N) is 4. The predicted molar refractivity (Wildman–Crippen MR) is 96.3 cm³/mol. The molecule has 0 N–H and O–H groups in total. The molecule has 0 saturated carbocycles. The lowest BCUT2D eigenvalue weighted by Crippen LogP contribution is -2.10. The standard InChI is InChI=1S/C19H12ClF3N4/c20-18-24-10-14(19(21,22)23)17(25-18)16-13-8-4-5-9-15(13)27(26-16)11-12-6-2-1-3-7-12/h1-10H,11H2. The Morgan fingerprint density at radius 1 is 0.926 bits per heavy atom. The van der Waals surface area contributed by atoms with Crippen LogP contribution in [0.25, 0.3) is 22.3 Å². The molecule has 0 aliphatic rings. The molecule has 2 aromatic carbocycles. The Balaban J connectivity index is 1.93. The monoisotopic (exact) mass is 388 g/mol.